The number of sulfonamides is 1. The van der Waals surface area contributed by atoms with Crippen molar-refractivity contribution in [1.82, 2.24) is 0 Å². The summed E-state index contributed by atoms with van der Waals surface area (Å²) in [5.74, 6) is -2.00. The van der Waals surface area contributed by atoms with E-state index >= 15 is 0 Å². The number of nitrogens with two attached hydrogens (primary N) is 1. The number of anilines is 2. The molecule has 0 amide bonds. The summed E-state index contributed by atoms with van der Waals surface area (Å²) in [7, 11) is -3.65. The van der Waals surface area contributed by atoms with E-state index in [1.54, 1.807) is 0 Å². The molecule has 4 nitrogen and oxygen atoms in total. The van der Waals surface area contributed by atoms with Gasteiger partial charge in [-0.1, -0.05) is 13.3 Å². The lowest BCUT2D eigenvalue weighted by Crippen LogP contribution is -2.18. The maximum absolute atomic E-state index is 13.3. The Morgan fingerprint density at radius 1 is 1.35 bits per heavy atom. The van der Waals surface area contributed by atoms with Crippen LogP contribution in [-0.4, -0.2) is 14.2 Å². The molecule has 0 saturated heterocycles. The Morgan fingerprint density at radius 2 is 2.00 bits per heavy atom. The molecule has 0 aliphatic heterocycles. The van der Waals surface area contributed by atoms with Crippen molar-refractivity contribution in [2.24, 2.45) is 0 Å². The second-order valence-electron chi connectivity index (χ2n) is 3.63. The fourth-order valence-corrected chi connectivity index (χ4v) is 2.54. The van der Waals surface area contributed by atoms with Crippen molar-refractivity contribution in [1.29, 1.82) is 0 Å². The monoisotopic (exact) mass is 264 g/mol. The van der Waals surface area contributed by atoms with Gasteiger partial charge in [0.05, 0.1) is 11.4 Å². The second-order valence-corrected chi connectivity index (χ2v) is 5.47. The predicted octanol–water partition coefficient (Wildman–Crippen LogP) is 2.09. The summed E-state index contributed by atoms with van der Waals surface area (Å²) in [6.45, 7) is 1.84. The first-order chi connectivity index (χ1) is 7.85. The maximum atomic E-state index is 13.3. The number of halogens is 2. The molecule has 0 fully saturated rings. The molecule has 0 unspecified atom stereocenters. The zero-order valence-corrected chi connectivity index (χ0v) is 10.2. The van der Waals surface area contributed by atoms with E-state index in [0.717, 1.165) is 6.07 Å². The van der Waals surface area contributed by atoms with Crippen LogP contribution in [0.5, 0.6) is 0 Å². The van der Waals surface area contributed by atoms with E-state index < -0.39 is 27.3 Å². The summed E-state index contributed by atoms with van der Waals surface area (Å²) < 4.78 is 51.1. The number of hydrogen-bond acceptors (Lipinski definition) is 3. The van der Waals surface area contributed by atoms with Crippen molar-refractivity contribution in [3.8, 4) is 0 Å². The van der Waals surface area contributed by atoms with Gasteiger partial charge in [0.25, 0.3) is 0 Å². The van der Waals surface area contributed by atoms with Gasteiger partial charge in [0.15, 0.2) is 5.82 Å². The largest absolute Gasteiger partial charge is 0.397 e. The smallest absolute Gasteiger partial charge is 0.232 e. The predicted molar refractivity (Wildman–Crippen MR) is 63.1 cm³/mol. The van der Waals surface area contributed by atoms with Gasteiger partial charge in [-0.25, -0.2) is 17.2 Å². The Bertz CT molecular complexity index is 480. The third-order valence-corrected chi connectivity index (χ3v) is 3.45. The third-order valence-electron chi connectivity index (χ3n) is 2.11. The van der Waals surface area contributed by atoms with Gasteiger partial charge < -0.3 is 5.73 Å². The Kier molecular flexibility index (Phi) is 4.28. The molecule has 96 valence electrons. The molecule has 0 spiro atoms. The first-order valence-electron chi connectivity index (χ1n) is 5.10. The standard InChI is InChI=1S/C10H14F2N2O2S/c1-2-3-4-17(15,16)14-10-8(12)5-7(11)6-9(10)13/h5-6,14H,2-4,13H2,1H3. The van der Waals surface area contributed by atoms with Crippen LogP contribution >= 0.6 is 0 Å². The number of nitrogen functional groups attached to an aromatic ring is 1. The number of benzene rings is 1. The van der Waals surface area contributed by atoms with Crippen LogP contribution in [0, 0.1) is 11.6 Å². The van der Waals surface area contributed by atoms with Crippen molar-refractivity contribution in [2.75, 3.05) is 16.2 Å². The molecule has 1 rings (SSSR count). The lowest BCUT2D eigenvalue weighted by Gasteiger charge is -2.10. The highest BCUT2D eigenvalue weighted by atomic mass is 32.2. The number of hydrogen-bond donors (Lipinski definition) is 2. The topological polar surface area (TPSA) is 72.2 Å². The molecule has 0 aromatic heterocycles. The van der Waals surface area contributed by atoms with Crippen molar-refractivity contribution < 1.29 is 17.2 Å². The van der Waals surface area contributed by atoms with E-state index in [0.29, 0.717) is 18.9 Å². The van der Waals surface area contributed by atoms with Crippen molar-refractivity contribution in [3.05, 3.63) is 23.8 Å². The number of nitrogens with one attached hydrogen (secondary N) is 1. The van der Waals surface area contributed by atoms with Crippen LogP contribution in [0.15, 0.2) is 12.1 Å². The van der Waals surface area contributed by atoms with E-state index in [4.69, 9.17) is 5.73 Å². The summed E-state index contributed by atoms with van der Waals surface area (Å²) in [6, 6.07) is 1.44. The molecule has 0 heterocycles. The minimum atomic E-state index is -3.65. The van der Waals surface area contributed by atoms with Crippen LogP contribution in [0.2, 0.25) is 0 Å². The maximum Gasteiger partial charge on any atom is 0.232 e. The lowest BCUT2D eigenvalue weighted by molar-refractivity contribution is 0.583. The van der Waals surface area contributed by atoms with Crippen molar-refractivity contribution in [2.45, 2.75) is 19.8 Å². The summed E-state index contributed by atoms with van der Waals surface area (Å²) >= 11 is 0. The first kappa shape index (κ1) is 13.7. The molecule has 0 atom stereocenters. The SMILES string of the molecule is CCCCS(=O)(=O)Nc1c(N)cc(F)cc1F. The van der Waals surface area contributed by atoms with Gasteiger partial charge in [0, 0.05) is 6.07 Å². The minimum Gasteiger partial charge on any atom is -0.397 e. The molecule has 0 radical (unpaired) electrons. The summed E-state index contributed by atoms with van der Waals surface area (Å²) in [5, 5.41) is 0. The molecule has 1 aromatic rings. The van der Waals surface area contributed by atoms with Crippen LogP contribution in [0.25, 0.3) is 0 Å². The van der Waals surface area contributed by atoms with Crippen molar-refractivity contribution in [3.63, 3.8) is 0 Å². The molecule has 1 aromatic carbocycles. The Balaban J connectivity index is 2.96. The molecule has 0 saturated carbocycles. The fourth-order valence-electron chi connectivity index (χ4n) is 1.24. The molecule has 0 aliphatic carbocycles. The van der Waals surface area contributed by atoms with Gasteiger partial charge in [-0.2, -0.15) is 0 Å². The van der Waals surface area contributed by atoms with E-state index in [1.165, 1.54) is 0 Å². The second kappa shape index (κ2) is 5.31. The lowest BCUT2D eigenvalue weighted by atomic mass is 10.2. The highest BCUT2D eigenvalue weighted by Crippen LogP contribution is 2.25. The van der Waals surface area contributed by atoms with Crippen LogP contribution in [0.4, 0.5) is 20.2 Å². The van der Waals surface area contributed by atoms with Gasteiger partial charge in [0.1, 0.15) is 11.5 Å². The molecular weight excluding hydrogens is 250 g/mol. The van der Waals surface area contributed by atoms with Gasteiger partial charge >= 0.3 is 0 Å². The van der Waals surface area contributed by atoms with E-state index in [1.807, 2.05) is 11.6 Å². The molecule has 3 N–H and O–H groups in total. The summed E-state index contributed by atoms with van der Waals surface area (Å²) in [4.78, 5) is 0. The molecular formula is C10H14F2N2O2S. The van der Waals surface area contributed by atoms with E-state index in [2.05, 4.69) is 0 Å². The van der Waals surface area contributed by atoms with Crippen LogP contribution in [-0.2, 0) is 10.0 Å². The molecule has 0 bridgehead atoms. The van der Waals surface area contributed by atoms with E-state index in [9.17, 15) is 17.2 Å². The number of rotatable bonds is 5. The first-order valence-corrected chi connectivity index (χ1v) is 6.76. The molecule has 17 heavy (non-hydrogen) atoms. The highest BCUT2D eigenvalue weighted by Gasteiger charge is 2.16. The van der Waals surface area contributed by atoms with Crippen LogP contribution < -0.4 is 10.5 Å². The Labute approximate surface area is 98.9 Å². The van der Waals surface area contributed by atoms with E-state index in [-0.39, 0.29) is 11.4 Å². The zero-order chi connectivity index (χ0) is 13.1. The minimum absolute atomic E-state index is 0.125. The number of unbranched alkanes of at least 4 members (excludes halogenated alkanes) is 1. The average Bonchev–Trinajstić information content (AvgIpc) is 2.21. The molecule has 0 aliphatic rings. The van der Waals surface area contributed by atoms with Crippen molar-refractivity contribution >= 4 is 21.4 Å². The highest BCUT2D eigenvalue weighted by molar-refractivity contribution is 7.92. The fraction of sp³-hybridized carbons (Fsp3) is 0.400. The Hall–Kier alpha value is -1.37. The summed E-state index contributed by atoms with van der Waals surface area (Å²) in [6.07, 6.45) is 1.15. The van der Waals surface area contributed by atoms with Crippen LogP contribution in [0.3, 0.4) is 0 Å². The van der Waals surface area contributed by atoms with Gasteiger partial charge in [-0.15, -0.1) is 0 Å². The van der Waals surface area contributed by atoms with Gasteiger partial charge in [-0.3, -0.25) is 4.72 Å². The normalized spacial score (nSPS) is 11.5. The quantitative estimate of drug-likeness (QED) is 0.800. The Morgan fingerprint density at radius 3 is 2.53 bits per heavy atom. The summed E-state index contributed by atoms with van der Waals surface area (Å²) in [5.41, 5.74) is 4.68. The van der Waals surface area contributed by atoms with Gasteiger partial charge in [-0.05, 0) is 12.5 Å². The average molecular weight is 264 g/mol. The van der Waals surface area contributed by atoms with Crippen LogP contribution in [0.1, 0.15) is 19.8 Å². The molecule has 7 heteroatoms. The van der Waals surface area contributed by atoms with Gasteiger partial charge in [0.2, 0.25) is 10.0 Å². The third kappa shape index (κ3) is 3.85. The zero-order valence-electron chi connectivity index (χ0n) is 9.33.